The first-order valence-corrected chi connectivity index (χ1v) is 6.91. The SMILES string of the molecule is O=c1[nH]c2ccccc2n1CCCN1C[C@@H](O)[C@@H](O)C1. The molecule has 0 unspecified atom stereocenters. The standard InChI is InChI=1S/C14H19N3O3/c18-12-8-16(9-13(12)19)6-3-7-17-11-5-2-1-4-10(11)15-14(17)20/h1-2,4-5,12-13,18-19H,3,6-9H2,(H,15,20)/t12-,13+. The number of hydrogen-bond acceptors (Lipinski definition) is 4. The summed E-state index contributed by atoms with van der Waals surface area (Å²) in [5, 5.41) is 19.0. The van der Waals surface area contributed by atoms with Gasteiger partial charge in [0.15, 0.2) is 0 Å². The van der Waals surface area contributed by atoms with E-state index in [0.717, 1.165) is 24.0 Å². The lowest BCUT2D eigenvalue weighted by Crippen LogP contribution is -2.25. The normalized spacial score (nSPS) is 23.7. The van der Waals surface area contributed by atoms with Crippen LogP contribution in [-0.2, 0) is 6.54 Å². The van der Waals surface area contributed by atoms with E-state index in [-0.39, 0.29) is 5.69 Å². The molecule has 0 saturated carbocycles. The second-order valence-corrected chi connectivity index (χ2v) is 5.35. The molecule has 0 spiro atoms. The Labute approximate surface area is 116 Å². The van der Waals surface area contributed by atoms with Crippen LogP contribution in [0.2, 0.25) is 0 Å². The molecule has 1 saturated heterocycles. The fourth-order valence-corrected chi connectivity index (χ4v) is 2.81. The molecule has 0 aliphatic carbocycles. The molecule has 2 heterocycles. The first-order chi connectivity index (χ1) is 9.65. The number of nitrogens with one attached hydrogen (secondary N) is 1. The Morgan fingerprint density at radius 1 is 1.15 bits per heavy atom. The van der Waals surface area contributed by atoms with E-state index in [2.05, 4.69) is 4.98 Å². The van der Waals surface area contributed by atoms with Gasteiger partial charge < -0.3 is 15.2 Å². The molecule has 3 rings (SSSR count). The highest BCUT2D eigenvalue weighted by molar-refractivity contribution is 5.74. The number of aliphatic hydroxyl groups is 2. The van der Waals surface area contributed by atoms with Crippen LogP contribution in [0, 0.1) is 0 Å². The maximum atomic E-state index is 11.9. The lowest BCUT2D eigenvalue weighted by Gasteiger charge is -2.14. The molecule has 2 aromatic rings. The summed E-state index contributed by atoms with van der Waals surface area (Å²) < 4.78 is 1.73. The molecule has 0 amide bonds. The average molecular weight is 277 g/mol. The van der Waals surface area contributed by atoms with E-state index >= 15 is 0 Å². The predicted octanol–water partition coefficient (Wildman–Crippen LogP) is -0.243. The minimum Gasteiger partial charge on any atom is -0.389 e. The number of β-amino-alcohol motifs (C(OH)–C–C–N with tert-alkyl or cyclic N) is 2. The monoisotopic (exact) mass is 277 g/mol. The number of nitrogens with zero attached hydrogens (tertiary/aromatic N) is 2. The third-order valence-electron chi connectivity index (χ3n) is 3.87. The average Bonchev–Trinajstić information content (AvgIpc) is 2.91. The minimum atomic E-state index is -0.647. The van der Waals surface area contributed by atoms with Crippen LogP contribution < -0.4 is 5.69 Å². The number of likely N-dealkylation sites (tertiary alicyclic amines) is 1. The van der Waals surface area contributed by atoms with Crippen molar-refractivity contribution in [2.45, 2.75) is 25.2 Å². The van der Waals surface area contributed by atoms with Gasteiger partial charge in [0.1, 0.15) is 0 Å². The fourth-order valence-electron chi connectivity index (χ4n) is 2.81. The first-order valence-electron chi connectivity index (χ1n) is 6.91. The van der Waals surface area contributed by atoms with Gasteiger partial charge in [0.05, 0.1) is 23.2 Å². The molecule has 2 atom stereocenters. The zero-order valence-corrected chi connectivity index (χ0v) is 11.2. The highest BCUT2D eigenvalue weighted by atomic mass is 16.3. The van der Waals surface area contributed by atoms with Crippen molar-refractivity contribution >= 4 is 11.0 Å². The van der Waals surface area contributed by atoms with Crippen molar-refractivity contribution in [1.29, 1.82) is 0 Å². The Kier molecular flexibility index (Phi) is 3.60. The molecule has 1 aliphatic rings. The summed E-state index contributed by atoms with van der Waals surface area (Å²) in [5.74, 6) is 0. The lowest BCUT2D eigenvalue weighted by molar-refractivity contribution is 0.0572. The molecule has 1 aromatic heterocycles. The van der Waals surface area contributed by atoms with E-state index in [1.165, 1.54) is 0 Å². The number of aryl methyl sites for hydroxylation is 1. The number of imidazole rings is 1. The van der Waals surface area contributed by atoms with Crippen molar-refractivity contribution in [2.24, 2.45) is 0 Å². The molecular weight excluding hydrogens is 258 g/mol. The zero-order chi connectivity index (χ0) is 14.1. The van der Waals surface area contributed by atoms with Crippen molar-refractivity contribution in [1.82, 2.24) is 14.5 Å². The number of hydrogen-bond donors (Lipinski definition) is 3. The fraction of sp³-hybridized carbons (Fsp3) is 0.500. The lowest BCUT2D eigenvalue weighted by atomic mass is 10.3. The van der Waals surface area contributed by atoms with Crippen LogP contribution in [0.5, 0.6) is 0 Å². The molecule has 6 heteroatoms. The van der Waals surface area contributed by atoms with Crippen molar-refractivity contribution in [3.05, 3.63) is 34.7 Å². The van der Waals surface area contributed by atoms with E-state index in [1.54, 1.807) is 4.57 Å². The van der Waals surface area contributed by atoms with Gasteiger partial charge in [-0.25, -0.2) is 4.79 Å². The molecule has 108 valence electrons. The third kappa shape index (κ3) is 2.49. The second-order valence-electron chi connectivity index (χ2n) is 5.35. The van der Waals surface area contributed by atoms with Gasteiger partial charge in [-0.15, -0.1) is 0 Å². The number of para-hydroxylation sites is 2. The second kappa shape index (κ2) is 5.40. The van der Waals surface area contributed by atoms with Crippen molar-refractivity contribution in [2.75, 3.05) is 19.6 Å². The van der Waals surface area contributed by atoms with Gasteiger partial charge in [-0.3, -0.25) is 9.47 Å². The molecule has 1 aromatic carbocycles. The van der Waals surface area contributed by atoms with Gasteiger partial charge in [0, 0.05) is 26.2 Å². The van der Waals surface area contributed by atoms with Gasteiger partial charge in [0.2, 0.25) is 0 Å². The minimum absolute atomic E-state index is 0.0901. The summed E-state index contributed by atoms with van der Waals surface area (Å²) >= 11 is 0. The molecular formula is C14H19N3O3. The smallest absolute Gasteiger partial charge is 0.326 e. The van der Waals surface area contributed by atoms with Crippen LogP contribution in [-0.4, -0.2) is 56.5 Å². The predicted molar refractivity (Wildman–Crippen MR) is 75.6 cm³/mol. The van der Waals surface area contributed by atoms with Gasteiger partial charge in [-0.2, -0.15) is 0 Å². The van der Waals surface area contributed by atoms with Gasteiger partial charge in [-0.05, 0) is 18.6 Å². The molecule has 1 fully saturated rings. The van der Waals surface area contributed by atoms with Gasteiger partial charge >= 0.3 is 5.69 Å². The number of H-pyrrole nitrogens is 1. The quantitative estimate of drug-likeness (QED) is 0.720. The Balaban J connectivity index is 1.63. The summed E-state index contributed by atoms with van der Waals surface area (Å²) in [6.45, 7) is 2.40. The summed E-state index contributed by atoms with van der Waals surface area (Å²) in [6, 6.07) is 7.63. The van der Waals surface area contributed by atoms with E-state index < -0.39 is 12.2 Å². The zero-order valence-electron chi connectivity index (χ0n) is 11.2. The maximum absolute atomic E-state index is 11.9. The van der Waals surface area contributed by atoms with E-state index in [9.17, 15) is 15.0 Å². The van der Waals surface area contributed by atoms with Crippen LogP contribution in [0.1, 0.15) is 6.42 Å². The summed E-state index contributed by atoms with van der Waals surface area (Å²) in [6.07, 6.45) is -0.488. The van der Waals surface area contributed by atoms with Crippen molar-refractivity contribution in [3.8, 4) is 0 Å². The Hall–Kier alpha value is -1.63. The van der Waals surface area contributed by atoms with Crippen molar-refractivity contribution in [3.63, 3.8) is 0 Å². The van der Waals surface area contributed by atoms with Crippen LogP contribution in [0.25, 0.3) is 11.0 Å². The molecule has 3 N–H and O–H groups in total. The number of fused-ring (bicyclic) bond motifs is 1. The molecule has 0 radical (unpaired) electrons. The highest BCUT2D eigenvalue weighted by Crippen LogP contribution is 2.12. The number of aromatic amines is 1. The molecule has 0 bridgehead atoms. The van der Waals surface area contributed by atoms with Crippen LogP contribution in [0.15, 0.2) is 29.1 Å². The van der Waals surface area contributed by atoms with Crippen molar-refractivity contribution < 1.29 is 10.2 Å². The van der Waals surface area contributed by atoms with Crippen LogP contribution in [0.3, 0.4) is 0 Å². The number of aliphatic hydroxyl groups excluding tert-OH is 2. The van der Waals surface area contributed by atoms with Gasteiger partial charge in [-0.1, -0.05) is 12.1 Å². The topological polar surface area (TPSA) is 81.5 Å². The largest absolute Gasteiger partial charge is 0.389 e. The van der Waals surface area contributed by atoms with Crippen LogP contribution in [0.4, 0.5) is 0 Å². The summed E-state index contributed by atoms with van der Waals surface area (Å²) in [5.41, 5.74) is 1.68. The van der Waals surface area contributed by atoms with Crippen LogP contribution >= 0.6 is 0 Å². The first kappa shape index (κ1) is 13.4. The maximum Gasteiger partial charge on any atom is 0.326 e. The molecule has 6 nitrogen and oxygen atoms in total. The Morgan fingerprint density at radius 3 is 2.60 bits per heavy atom. The number of benzene rings is 1. The third-order valence-corrected chi connectivity index (χ3v) is 3.87. The van der Waals surface area contributed by atoms with Gasteiger partial charge in [0.25, 0.3) is 0 Å². The summed E-state index contributed by atoms with van der Waals surface area (Å²) in [4.78, 5) is 16.7. The van der Waals surface area contributed by atoms with E-state index in [1.807, 2.05) is 29.2 Å². The number of rotatable bonds is 4. The van der Waals surface area contributed by atoms with E-state index in [4.69, 9.17) is 0 Å². The molecule has 1 aliphatic heterocycles. The Morgan fingerprint density at radius 2 is 1.85 bits per heavy atom. The number of aromatic nitrogens is 2. The molecule has 20 heavy (non-hydrogen) atoms. The Bertz CT molecular complexity index is 638. The highest BCUT2D eigenvalue weighted by Gasteiger charge is 2.28. The summed E-state index contributed by atoms with van der Waals surface area (Å²) in [7, 11) is 0. The van der Waals surface area contributed by atoms with E-state index in [0.29, 0.717) is 19.6 Å².